The predicted molar refractivity (Wildman–Crippen MR) is 73.5 cm³/mol. The Morgan fingerprint density at radius 1 is 1.16 bits per heavy atom. The standard InChI is InChI=1S/C12H19N3O3S/c1-14(2)19(17,18)15(3)10-12(16)13-9-11-7-5-4-6-8-11/h4-8H,9-10H2,1-3H3,(H,13,16). The summed E-state index contributed by atoms with van der Waals surface area (Å²) in [6, 6.07) is 9.43. The van der Waals surface area contributed by atoms with E-state index in [1.165, 1.54) is 21.1 Å². The Hall–Kier alpha value is -1.44. The molecular weight excluding hydrogens is 266 g/mol. The average Bonchev–Trinajstić information content (AvgIpc) is 2.37. The van der Waals surface area contributed by atoms with Crippen LogP contribution in [0.1, 0.15) is 5.56 Å². The molecule has 0 saturated heterocycles. The van der Waals surface area contributed by atoms with E-state index in [0.29, 0.717) is 6.54 Å². The van der Waals surface area contributed by atoms with Gasteiger partial charge in [-0.05, 0) is 5.56 Å². The van der Waals surface area contributed by atoms with Gasteiger partial charge in [-0.15, -0.1) is 0 Å². The molecule has 0 aliphatic rings. The van der Waals surface area contributed by atoms with Crippen LogP contribution >= 0.6 is 0 Å². The van der Waals surface area contributed by atoms with Crippen molar-refractivity contribution in [3.63, 3.8) is 0 Å². The zero-order chi connectivity index (χ0) is 14.5. The molecule has 0 spiro atoms. The molecular formula is C12H19N3O3S. The molecule has 6 nitrogen and oxygen atoms in total. The zero-order valence-corrected chi connectivity index (χ0v) is 12.1. The number of amides is 1. The van der Waals surface area contributed by atoms with Crippen molar-refractivity contribution >= 4 is 16.1 Å². The van der Waals surface area contributed by atoms with Crippen LogP contribution in [0.5, 0.6) is 0 Å². The van der Waals surface area contributed by atoms with Crippen molar-refractivity contribution in [3.05, 3.63) is 35.9 Å². The summed E-state index contributed by atoms with van der Waals surface area (Å²) in [5, 5.41) is 2.68. The maximum absolute atomic E-state index is 11.7. The largest absolute Gasteiger partial charge is 0.351 e. The number of hydrogen-bond donors (Lipinski definition) is 1. The third kappa shape index (κ3) is 4.62. The number of rotatable bonds is 6. The van der Waals surface area contributed by atoms with Crippen molar-refractivity contribution in [2.45, 2.75) is 6.54 Å². The Bertz CT molecular complexity index is 514. The summed E-state index contributed by atoms with van der Waals surface area (Å²) in [5.74, 6) is -0.336. The first-order valence-corrected chi connectivity index (χ1v) is 7.18. The van der Waals surface area contributed by atoms with Crippen LogP contribution in [0, 0.1) is 0 Å². The van der Waals surface area contributed by atoms with Crippen LogP contribution in [-0.4, -0.2) is 50.6 Å². The lowest BCUT2D eigenvalue weighted by molar-refractivity contribution is -0.121. The minimum atomic E-state index is -3.55. The van der Waals surface area contributed by atoms with E-state index in [1.54, 1.807) is 0 Å². The van der Waals surface area contributed by atoms with Crippen LogP contribution in [0.3, 0.4) is 0 Å². The summed E-state index contributed by atoms with van der Waals surface area (Å²) in [7, 11) is 0.672. The fraction of sp³-hybridized carbons (Fsp3) is 0.417. The highest BCUT2D eigenvalue weighted by Gasteiger charge is 2.22. The Kier molecular flexibility index (Phi) is 5.46. The van der Waals surface area contributed by atoms with E-state index in [-0.39, 0.29) is 12.5 Å². The number of nitrogens with zero attached hydrogens (tertiary/aromatic N) is 2. The molecule has 0 heterocycles. The van der Waals surface area contributed by atoms with E-state index in [9.17, 15) is 13.2 Å². The average molecular weight is 285 g/mol. The van der Waals surface area contributed by atoms with Crippen molar-refractivity contribution in [1.29, 1.82) is 0 Å². The van der Waals surface area contributed by atoms with E-state index in [1.807, 2.05) is 30.3 Å². The Labute approximate surface area is 114 Å². The van der Waals surface area contributed by atoms with Crippen LogP contribution in [0.4, 0.5) is 0 Å². The molecule has 0 radical (unpaired) electrons. The van der Waals surface area contributed by atoms with Gasteiger partial charge in [0.1, 0.15) is 0 Å². The topological polar surface area (TPSA) is 69.7 Å². The molecule has 0 aromatic heterocycles. The van der Waals surface area contributed by atoms with Crippen LogP contribution in [-0.2, 0) is 21.5 Å². The second-order valence-corrected chi connectivity index (χ2v) is 6.56. The molecule has 1 amide bonds. The van der Waals surface area contributed by atoms with Gasteiger partial charge in [0.2, 0.25) is 5.91 Å². The van der Waals surface area contributed by atoms with Crippen molar-refractivity contribution < 1.29 is 13.2 Å². The van der Waals surface area contributed by atoms with Gasteiger partial charge >= 0.3 is 0 Å². The molecule has 0 saturated carbocycles. The third-order valence-corrected chi connectivity index (χ3v) is 4.39. The van der Waals surface area contributed by atoms with Crippen molar-refractivity contribution in [2.24, 2.45) is 0 Å². The van der Waals surface area contributed by atoms with Gasteiger partial charge in [-0.3, -0.25) is 4.79 Å². The molecule has 0 aliphatic heterocycles. The molecule has 7 heteroatoms. The number of carbonyl (C=O) groups is 1. The van der Waals surface area contributed by atoms with E-state index in [2.05, 4.69) is 5.32 Å². The van der Waals surface area contributed by atoms with Gasteiger partial charge in [-0.1, -0.05) is 30.3 Å². The van der Waals surface area contributed by atoms with Gasteiger partial charge in [0.05, 0.1) is 6.54 Å². The van der Waals surface area contributed by atoms with Gasteiger partial charge < -0.3 is 5.32 Å². The van der Waals surface area contributed by atoms with E-state index < -0.39 is 10.2 Å². The predicted octanol–water partition coefficient (Wildman–Crippen LogP) is 0.0410. The zero-order valence-electron chi connectivity index (χ0n) is 11.3. The van der Waals surface area contributed by atoms with Crippen LogP contribution < -0.4 is 5.32 Å². The first-order valence-electron chi connectivity index (χ1n) is 5.78. The Morgan fingerprint density at radius 3 is 2.26 bits per heavy atom. The second kappa shape index (κ2) is 6.65. The first kappa shape index (κ1) is 15.6. The van der Waals surface area contributed by atoms with E-state index >= 15 is 0 Å². The van der Waals surface area contributed by atoms with Gasteiger partial charge in [-0.25, -0.2) is 0 Å². The van der Waals surface area contributed by atoms with Crippen molar-refractivity contribution in [2.75, 3.05) is 27.7 Å². The summed E-state index contributed by atoms with van der Waals surface area (Å²) in [6.45, 7) is 0.183. The van der Waals surface area contributed by atoms with Crippen LogP contribution in [0.15, 0.2) is 30.3 Å². The number of carbonyl (C=O) groups excluding carboxylic acids is 1. The lowest BCUT2D eigenvalue weighted by Crippen LogP contribution is -2.43. The molecule has 106 valence electrons. The highest BCUT2D eigenvalue weighted by molar-refractivity contribution is 7.86. The summed E-state index contributed by atoms with van der Waals surface area (Å²) in [5.41, 5.74) is 0.967. The SMILES string of the molecule is CN(C)S(=O)(=O)N(C)CC(=O)NCc1ccccc1. The molecule has 0 fully saturated rings. The van der Waals surface area contributed by atoms with E-state index in [4.69, 9.17) is 0 Å². The quantitative estimate of drug-likeness (QED) is 0.802. The maximum Gasteiger partial charge on any atom is 0.281 e. The van der Waals surface area contributed by atoms with Crippen molar-refractivity contribution in [1.82, 2.24) is 13.9 Å². The third-order valence-electron chi connectivity index (χ3n) is 2.55. The van der Waals surface area contributed by atoms with Crippen molar-refractivity contribution in [3.8, 4) is 0 Å². The fourth-order valence-corrected chi connectivity index (χ4v) is 2.25. The number of likely N-dealkylation sites (N-methyl/N-ethyl adjacent to an activating group) is 1. The minimum Gasteiger partial charge on any atom is -0.351 e. The van der Waals surface area contributed by atoms with Gasteiger partial charge in [0, 0.05) is 27.7 Å². The smallest absolute Gasteiger partial charge is 0.281 e. The molecule has 0 unspecified atom stereocenters. The summed E-state index contributed by atoms with van der Waals surface area (Å²) >= 11 is 0. The summed E-state index contributed by atoms with van der Waals surface area (Å²) in [6.07, 6.45) is 0. The molecule has 0 atom stereocenters. The molecule has 1 N–H and O–H groups in total. The fourth-order valence-electron chi connectivity index (χ4n) is 1.41. The maximum atomic E-state index is 11.7. The van der Waals surface area contributed by atoms with Gasteiger partial charge in [-0.2, -0.15) is 17.0 Å². The number of nitrogens with one attached hydrogen (secondary N) is 1. The normalized spacial score (nSPS) is 11.8. The van der Waals surface area contributed by atoms with Gasteiger partial charge in [0.15, 0.2) is 0 Å². The molecule has 1 aromatic carbocycles. The van der Waals surface area contributed by atoms with Gasteiger partial charge in [0.25, 0.3) is 10.2 Å². The number of hydrogen-bond acceptors (Lipinski definition) is 3. The highest BCUT2D eigenvalue weighted by atomic mass is 32.2. The molecule has 19 heavy (non-hydrogen) atoms. The van der Waals surface area contributed by atoms with Crippen LogP contribution in [0.2, 0.25) is 0 Å². The summed E-state index contributed by atoms with van der Waals surface area (Å²) in [4.78, 5) is 11.7. The molecule has 1 aromatic rings. The highest BCUT2D eigenvalue weighted by Crippen LogP contribution is 2.01. The Morgan fingerprint density at radius 2 is 1.74 bits per heavy atom. The number of benzene rings is 1. The second-order valence-electron chi connectivity index (χ2n) is 4.31. The molecule has 0 aliphatic carbocycles. The lowest BCUT2D eigenvalue weighted by Gasteiger charge is -2.20. The van der Waals surface area contributed by atoms with Crippen LogP contribution in [0.25, 0.3) is 0 Å². The Balaban J connectivity index is 2.48. The summed E-state index contributed by atoms with van der Waals surface area (Å²) < 4.78 is 25.5. The lowest BCUT2D eigenvalue weighted by atomic mass is 10.2. The first-order chi connectivity index (χ1) is 8.84. The molecule has 0 bridgehead atoms. The monoisotopic (exact) mass is 285 g/mol. The van der Waals surface area contributed by atoms with E-state index in [0.717, 1.165) is 14.2 Å². The minimum absolute atomic E-state index is 0.201. The molecule has 1 rings (SSSR count).